The van der Waals surface area contributed by atoms with Gasteiger partial charge in [-0.2, -0.15) is 0 Å². The summed E-state index contributed by atoms with van der Waals surface area (Å²) in [6.45, 7) is 3.67. The number of halogens is 1. The van der Waals surface area contributed by atoms with Gasteiger partial charge in [-0.25, -0.2) is 0 Å². The van der Waals surface area contributed by atoms with Gasteiger partial charge in [0, 0.05) is 17.7 Å². The standard InChI is InChI=1S/C12H17NO2.ClH/c1-4-5-11(13)10-7-6-9(14-2)8-12(10)15-3;/h4,6-8,11H,1,5,13H2,2-3H3;1H/t11-;/m0./s1. The molecule has 1 aromatic carbocycles. The second-order valence-corrected chi connectivity index (χ2v) is 3.24. The highest BCUT2D eigenvalue weighted by Crippen LogP contribution is 2.29. The molecule has 1 rings (SSSR count). The highest BCUT2D eigenvalue weighted by atomic mass is 35.5. The van der Waals surface area contributed by atoms with Crippen LogP contribution in [0.5, 0.6) is 11.5 Å². The molecule has 0 aliphatic heterocycles. The van der Waals surface area contributed by atoms with E-state index in [2.05, 4.69) is 6.58 Å². The Morgan fingerprint density at radius 1 is 1.38 bits per heavy atom. The van der Waals surface area contributed by atoms with E-state index in [-0.39, 0.29) is 18.4 Å². The van der Waals surface area contributed by atoms with Crippen LogP contribution in [0, 0.1) is 0 Å². The SMILES string of the molecule is C=CC[C@H](N)c1ccc(OC)cc1OC.Cl. The van der Waals surface area contributed by atoms with Crippen LogP contribution in [-0.4, -0.2) is 14.2 Å². The van der Waals surface area contributed by atoms with E-state index in [0.29, 0.717) is 0 Å². The highest BCUT2D eigenvalue weighted by molar-refractivity contribution is 5.85. The van der Waals surface area contributed by atoms with Gasteiger partial charge in [-0.3, -0.25) is 0 Å². The molecule has 1 aromatic rings. The van der Waals surface area contributed by atoms with E-state index in [1.54, 1.807) is 20.3 Å². The van der Waals surface area contributed by atoms with Gasteiger partial charge in [-0.05, 0) is 12.5 Å². The van der Waals surface area contributed by atoms with Crippen LogP contribution in [0.3, 0.4) is 0 Å². The lowest BCUT2D eigenvalue weighted by Crippen LogP contribution is -2.10. The van der Waals surface area contributed by atoms with Crippen molar-refractivity contribution in [1.29, 1.82) is 0 Å². The molecule has 0 saturated carbocycles. The molecule has 0 radical (unpaired) electrons. The number of benzene rings is 1. The van der Waals surface area contributed by atoms with Gasteiger partial charge in [-0.15, -0.1) is 19.0 Å². The Bertz CT molecular complexity index is 342. The summed E-state index contributed by atoms with van der Waals surface area (Å²) >= 11 is 0. The van der Waals surface area contributed by atoms with Gasteiger partial charge in [0.2, 0.25) is 0 Å². The topological polar surface area (TPSA) is 44.5 Å². The molecule has 1 atom stereocenters. The van der Waals surface area contributed by atoms with E-state index in [1.165, 1.54) is 0 Å². The van der Waals surface area contributed by atoms with Crippen molar-refractivity contribution in [1.82, 2.24) is 0 Å². The van der Waals surface area contributed by atoms with Crippen molar-refractivity contribution in [3.63, 3.8) is 0 Å². The van der Waals surface area contributed by atoms with E-state index >= 15 is 0 Å². The first kappa shape index (κ1) is 14.8. The molecule has 4 heteroatoms. The molecular weight excluding hydrogens is 226 g/mol. The van der Waals surface area contributed by atoms with E-state index in [9.17, 15) is 0 Å². The van der Waals surface area contributed by atoms with Crippen molar-refractivity contribution in [3.8, 4) is 11.5 Å². The second-order valence-electron chi connectivity index (χ2n) is 3.24. The molecule has 0 unspecified atom stereocenters. The summed E-state index contributed by atoms with van der Waals surface area (Å²) in [4.78, 5) is 0. The number of methoxy groups -OCH3 is 2. The van der Waals surface area contributed by atoms with Crippen LogP contribution in [0.15, 0.2) is 30.9 Å². The summed E-state index contributed by atoms with van der Waals surface area (Å²) in [6, 6.07) is 5.55. The summed E-state index contributed by atoms with van der Waals surface area (Å²) in [5, 5.41) is 0. The molecule has 3 nitrogen and oxygen atoms in total. The van der Waals surface area contributed by atoms with E-state index in [1.807, 2.05) is 18.2 Å². The Morgan fingerprint density at radius 2 is 2.06 bits per heavy atom. The third-order valence-electron chi connectivity index (χ3n) is 2.26. The Hall–Kier alpha value is -1.19. The maximum absolute atomic E-state index is 5.98. The molecule has 0 aliphatic rings. The largest absolute Gasteiger partial charge is 0.497 e. The quantitative estimate of drug-likeness (QED) is 0.809. The molecule has 0 spiro atoms. The molecule has 16 heavy (non-hydrogen) atoms. The smallest absolute Gasteiger partial charge is 0.127 e. The molecule has 2 N–H and O–H groups in total. The minimum Gasteiger partial charge on any atom is -0.497 e. The monoisotopic (exact) mass is 243 g/mol. The van der Waals surface area contributed by atoms with Crippen molar-refractivity contribution < 1.29 is 9.47 Å². The molecule has 0 saturated heterocycles. The summed E-state index contributed by atoms with van der Waals surface area (Å²) in [6.07, 6.45) is 2.52. The Labute approximate surface area is 103 Å². The zero-order valence-electron chi connectivity index (χ0n) is 9.60. The molecular formula is C12H18ClNO2. The van der Waals surface area contributed by atoms with Gasteiger partial charge in [-0.1, -0.05) is 12.1 Å². The zero-order chi connectivity index (χ0) is 11.3. The lowest BCUT2D eigenvalue weighted by atomic mass is 10.0. The molecule has 90 valence electrons. The maximum atomic E-state index is 5.98. The minimum atomic E-state index is -0.0802. The van der Waals surface area contributed by atoms with Crippen LogP contribution in [0.25, 0.3) is 0 Å². The van der Waals surface area contributed by atoms with E-state index in [4.69, 9.17) is 15.2 Å². The fourth-order valence-electron chi connectivity index (χ4n) is 1.43. The van der Waals surface area contributed by atoms with Gasteiger partial charge < -0.3 is 15.2 Å². The van der Waals surface area contributed by atoms with Gasteiger partial charge >= 0.3 is 0 Å². The van der Waals surface area contributed by atoms with Crippen LogP contribution in [0.2, 0.25) is 0 Å². The van der Waals surface area contributed by atoms with Crippen molar-refractivity contribution >= 4 is 12.4 Å². The first-order valence-corrected chi connectivity index (χ1v) is 4.81. The van der Waals surface area contributed by atoms with Crippen LogP contribution >= 0.6 is 12.4 Å². The third-order valence-corrected chi connectivity index (χ3v) is 2.26. The fraction of sp³-hybridized carbons (Fsp3) is 0.333. The number of rotatable bonds is 5. The number of hydrogen-bond donors (Lipinski definition) is 1. The van der Waals surface area contributed by atoms with Crippen LogP contribution in [-0.2, 0) is 0 Å². The lowest BCUT2D eigenvalue weighted by molar-refractivity contribution is 0.388. The summed E-state index contributed by atoms with van der Waals surface area (Å²) in [7, 11) is 3.25. The van der Waals surface area contributed by atoms with Crippen LogP contribution < -0.4 is 15.2 Å². The number of ether oxygens (including phenoxy) is 2. The maximum Gasteiger partial charge on any atom is 0.127 e. The second kappa shape index (κ2) is 7.14. The number of hydrogen-bond acceptors (Lipinski definition) is 3. The van der Waals surface area contributed by atoms with Crippen LogP contribution in [0.4, 0.5) is 0 Å². The molecule has 0 heterocycles. The van der Waals surface area contributed by atoms with Crippen molar-refractivity contribution in [2.75, 3.05) is 14.2 Å². The van der Waals surface area contributed by atoms with E-state index in [0.717, 1.165) is 23.5 Å². The highest BCUT2D eigenvalue weighted by Gasteiger charge is 2.11. The Kier molecular flexibility index (Phi) is 6.61. The van der Waals surface area contributed by atoms with Gasteiger partial charge in [0.1, 0.15) is 11.5 Å². The summed E-state index contributed by atoms with van der Waals surface area (Å²) in [5.74, 6) is 1.52. The lowest BCUT2D eigenvalue weighted by Gasteiger charge is -2.15. The van der Waals surface area contributed by atoms with Crippen LogP contribution in [0.1, 0.15) is 18.0 Å². The molecule has 0 aromatic heterocycles. The van der Waals surface area contributed by atoms with Gasteiger partial charge in [0.05, 0.1) is 14.2 Å². The van der Waals surface area contributed by atoms with Crippen molar-refractivity contribution in [2.45, 2.75) is 12.5 Å². The Balaban J connectivity index is 0.00000225. The van der Waals surface area contributed by atoms with E-state index < -0.39 is 0 Å². The zero-order valence-corrected chi connectivity index (χ0v) is 10.4. The molecule has 0 bridgehead atoms. The molecule has 0 amide bonds. The fourth-order valence-corrected chi connectivity index (χ4v) is 1.43. The average molecular weight is 244 g/mol. The summed E-state index contributed by atoms with van der Waals surface area (Å²) in [5.41, 5.74) is 6.95. The average Bonchev–Trinajstić information content (AvgIpc) is 2.28. The predicted molar refractivity (Wildman–Crippen MR) is 68.5 cm³/mol. The Morgan fingerprint density at radius 3 is 2.56 bits per heavy atom. The third kappa shape index (κ3) is 3.43. The van der Waals surface area contributed by atoms with Gasteiger partial charge in [0.15, 0.2) is 0 Å². The first-order chi connectivity index (χ1) is 7.22. The van der Waals surface area contributed by atoms with Gasteiger partial charge in [0.25, 0.3) is 0 Å². The number of nitrogens with two attached hydrogens (primary N) is 1. The summed E-state index contributed by atoms with van der Waals surface area (Å²) < 4.78 is 10.4. The molecule has 0 aliphatic carbocycles. The molecule has 0 fully saturated rings. The normalized spacial score (nSPS) is 11.2. The first-order valence-electron chi connectivity index (χ1n) is 4.81. The minimum absolute atomic E-state index is 0. The van der Waals surface area contributed by atoms with Crippen molar-refractivity contribution in [2.24, 2.45) is 5.73 Å². The predicted octanol–water partition coefficient (Wildman–Crippen LogP) is 2.70. The van der Waals surface area contributed by atoms with Crippen molar-refractivity contribution in [3.05, 3.63) is 36.4 Å².